The number of hydrogen-bond donors (Lipinski definition) is 0. The molecule has 180 valence electrons. The number of benzene rings is 4. The van der Waals surface area contributed by atoms with Crippen LogP contribution in [0.25, 0.3) is 0 Å². The third-order valence-electron chi connectivity index (χ3n) is 5.38. The quantitative estimate of drug-likeness (QED) is 0.282. The second kappa shape index (κ2) is 10.2. The van der Waals surface area contributed by atoms with Crippen molar-refractivity contribution in [3.8, 4) is 0 Å². The van der Waals surface area contributed by atoms with Crippen molar-refractivity contribution in [3.05, 3.63) is 120 Å². The first-order chi connectivity index (χ1) is 16.6. The zero-order valence-electron chi connectivity index (χ0n) is 19.2. The van der Waals surface area contributed by atoms with Gasteiger partial charge in [0.25, 0.3) is 0 Å². The zero-order valence-corrected chi connectivity index (χ0v) is 23.6. The molecule has 0 radical (unpaired) electrons. The van der Waals surface area contributed by atoms with E-state index in [4.69, 9.17) is 5.04 Å². The Labute approximate surface area is 211 Å². The summed E-state index contributed by atoms with van der Waals surface area (Å²) in [6.07, 6.45) is 0. The van der Waals surface area contributed by atoms with Gasteiger partial charge in [-0.25, -0.2) is 0 Å². The summed E-state index contributed by atoms with van der Waals surface area (Å²) in [5, 5.41) is 0. The SMILES string of the molecule is Cc1ccc(S(=O)(=O)[O][Sn]([O]S(=O)(=O)c2ccc(C)cc2)([c]2ccccc2)[c]2ccccc2)cc1. The minimum atomic E-state index is -5.44. The fraction of sp³-hybridized carbons (Fsp3) is 0.0769. The Morgan fingerprint density at radius 2 is 0.800 bits per heavy atom. The molecule has 0 heterocycles. The molecule has 35 heavy (non-hydrogen) atoms. The van der Waals surface area contributed by atoms with Gasteiger partial charge in [-0.2, -0.15) is 0 Å². The van der Waals surface area contributed by atoms with Crippen LogP contribution in [-0.2, 0) is 25.3 Å². The van der Waals surface area contributed by atoms with Crippen molar-refractivity contribution >= 4 is 46.6 Å². The van der Waals surface area contributed by atoms with E-state index in [1.807, 2.05) is 13.8 Å². The predicted octanol–water partition coefficient (Wildman–Crippen LogP) is 3.67. The van der Waals surface area contributed by atoms with Crippen LogP contribution in [0.15, 0.2) is 119 Å². The zero-order chi connectivity index (χ0) is 25.1. The second-order valence-corrected chi connectivity index (χ2v) is 20.8. The van der Waals surface area contributed by atoms with Gasteiger partial charge in [0.1, 0.15) is 0 Å². The van der Waals surface area contributed by atoms with Crippen LogP contribution in [0.2, 0.25) is 0 Å². The Morgan fingerprint density at radius 3 is 1.11 bits per heavy atom. The molecule has 4 aromatic carbocycles. The summed E-state index contributed by atoms with van der Waals surface area (Å²) in [4.78, 5) is -0.153. The minimum absolute atomic E-state index is 0.0765. The van der Waals surface area contributed by atoms with Gasteiger partial charge in [0.15, 0.2) is 0 Å². The number of aryl methyl sites for hydroxylation is 2. The van der Waals surface area contributed by atoms with Crippen molar-refractivity contribution < 1.29 is 21.9 Å². The third-order valence-corrected chi connectivity index (χ3v) is 22.0. The molecule has 6 nitrogen and oxygen atoms in total. The molecule has 0 aliphatic carbocycles. The Kier molecular flexibility index (Phi) is 7.48. The van der Waals surface area contributed by atoms with Crippen molar-refractivity contribution in [2.75, 3.05) is 0 Å². The van der Waals surface area contributed by atoms with Crippen molar-refractivity contribution in [2.24, 2.45) is 0 Å². The van der Waals surface area contributed by atoms with Crippen molar-refractivity contribution in [1.82, 2.24) is 0 Å². The van der Waals surface area contributed by atoms with Gasteiger partial charge in [-0.1, -0.05) is 0 Å². The van der Waals surface area contributed by atoms with Crippen LogP contribution in [0, 0.1) is 13.8 Å². The third kappa shape index (κ3) is 5.67. The van der Waals surface area contributed by atoms with Gasteiger partial charge in [-0.05, 0) is 0 Å². The molecule has 0 saturated carbocycles. The fourth-order valence-corrected chi connectivity index (χ4v) is 21.3. The molecular weight excluding hydrogens is 591 g/mol. The predicted molar refractivity (Wildman–Crippen MR) is 137 cm³/mol. The molecular formula is C26H24O6S2Sn. The van der Waals surface area contributed by atoms with Crippen LogP contribution in [0.1, 0.15) is 11.1 Å². The molecule has 0 unspecified atom stereocenters. The van der Waals surface area contributed by atoms with Crippen LogP contribution < -0.4 is 7.16 Å². The topological polar surface area (TPSA) is 86.7 Å². The standard InChI is InChI=1S/2C7H8O3S.2C6H5.Sn/c2*1-6-2-4-7(5-3-6)11(8,9)10;2*1-2-4-6-5-3-1;/h2*2-5H,1H3,(H,8,9,10);2*1-5H;/q;;;;+2/p-2. The van der Waals surface area contributed by atoms with E-state index in [2.05, 4.69) is 0 Å². The molecule has 0 saturated heterocycles. The van der Waals surface area contributed by atoms with Gasteiger partial charge in [-0.3, -0.25) is 0 Å². The summed E-state index contributed by atoms with van der Waals surface area (Å²) < 4.78 is 66.9. The summed E-state index contributed by atoms with van der Waals surface area (Å²) in [6.45, 7) is 3.68. The summed E-state index contributed by atoms with van der Waals surface area (Å²) in [7, 11) is -8.78. The van der Waals surface area contributed by atoms with E-state index < -0.39 is 39.4 Å². The van der Waals surface area contributed by atoms with Crippen LogP contribution in [0.5, 0.6) is 0 Å². The van der Waals surface area contributed by atoms with Crippen molar-refractivity contribution in [3.63, 3.8) is 0 Å². The molecule has 0 atom stereocenters. The van der Waals surface area contributed by atoms with E-state index in [0.29, 0.717) is 7.16 Å². The summed E-state index contributed by atoms with van der Waals surface area (Å²) in [5.74, 6) is 0. The maximum absolute atomic E-state index is 13.5. The molecule has 0 spiro atoms. The van der Waals surface area contributed by atoms with Gasteiger partial charge in [0.05, 0.1) is 0 Å². The summed E-state index contributed by atoms with van der Waals surface area (Å²) >= 11 is -5.44. The van der Waals surface area contributed by atoms with Gasteiger partial charge in [0, 0.05) is 0 Å². The van der Waals surface area contributed by atoms with Crippen molar-refractivity contribution in [2.45, 2.75) is 23.6 Å². The normalized spacial score (nSPS) is 12.4. The summed E-state index contributed by atoms with van der Waals surface area (Å²) in [5.41, 5.74) is 1.76. The fourth-order valence-electron chi connectivity index (χ4n) is 3.50. The molecule has 4 aromatic rings. The Hall–Kier alpha value is -2.50. The Balaban J connectivity index is 1.94. The van der Waals surface area contributed by atoms with Gasteiger partial charge in [-0.15, -0.1) is 0 Å². The monoisotopic (exact) mass is 616 g/mol. The second-order valence-electron chi connectivity index (χ2n) is 8.05. The van der Waals surface area contributed by atoms with Gasteiger partial charge in [0.2, 0.25) is 0 Å². The van der Waals surface area contributed by atoms with E-state index in [1.165, 1.54) is 24.3 Å². The molecule has 0 aromatic heterocycles. The van der Waals surface area contributed by atoms with Crippen molar-refractivity contribution in [1.29, 1.82) is 0 Å². The Morgan fingerprint density at radius 1 is 0.486 bits per heavy atom. The molecule has 0 aliphatic rings. The van der Waals surface area contributed by atoms with Gasteiger partial charge >= 0.3 is 212 Å². The van der Waals surface area contributed by atoms with E-state index >= 15 is 0 Å². The van der Waals surface area contributed by atoms with E-state index in [-0.39, 0.29) is 9.79 Å². The van der Waals surface area contributed by atoms with Crippen LogP contribution >= 0.6 is 0 Å². The molecule has 0 aliphatic heterocycles. The van der Waals surface area contributed by atoms with Crippen LogP contribution in [-0.4, -0.2) is 36.0 Å². The first kappa shape index (κ1) is 25.6. The van der Waals surface area contributed by atoms with Crippen LogP contribution in [0.3, 0.4) is 0 Å². The Bertz CT molecular complexity index is 1380. The molecule has 0 amide bonds. The van der Waals surface area contributed by atoms with E-state index in [1.54, 1.807) is 84.9 Å². The molecule has 0 fully saturated rings. The molecule has 4 rings (SSSR count). The molecule has 0 N–H and O–H groups in total. The first-order valence-corrected chi connectivity index (χ1v) is 18.8. The average Bonchev–Trinajstić information content (AvgIpc) is 2.85. The van der Waals surface area contributed by atoms with Gasteiger partial charge < -0.3 is 0 Å². The summed E-state index contributed by atoms with van der Waals surface area (Å²) in [6, 6.07) is 29.3. The van der Waals surface area contributed by atoms with E-state index in [9.17, 15) is 16.8 Å². The van der Waals surface area contributed by atoms with Crippen LogP contribution in [0.4, 0.5) is 0 Å². The number of hydrogen-bond acceptors (Lipinski definition) is 6. The first-order valence-electron chi connectivity index (χ1n) is 10.8. The molecule has 0 bridgehead atoms. The number of rotatable bonds is 8. The average molecular weight is 615 g/mol. The molecule has 9 heteroatoms. The maximum atomic E-state index is 13.5. The van der Waals surface area contributed by atoms with E-state index in [0.717, 1.165) is 11.1 Å².